The molecule has 0 bridgehead atoms. The van der Waals surface area contributed by atoms with Gasteiger partial charge in [0.1, 0.15) is 5.69 Å². The number of carbonyl (C=O) groups is 1. The van der Waals surface area contributed by atoms with Gasteiger partial charge in [-0.2, -0.15) is 0 Å². The number of carbonyl (C=O) groups excluding carboxylic acids is 1. The molecule has 0 radical (unpaired) electrons. The molecule has 2 aromatic rings. The molecule has 0 heterocycles. The summed E-state index contributed by atoms with van der Waals surface area (Å²) in [5, 5.41) is 14.1. The van der Waals surface area contributed by atoms with Crippen LogP contribution in [0.25, 0.3) is 0 Å². The van der Waals surface area contributed by atoms with Gasteiger partial charge in [0, 0.05) is 16.1 Å². The lowest BCUT2D eigenvalue weighted by Crippen LogP contribution is -2.13. The van der Waals surface area contributed by atoms with Crippen LogP contribution in [0.4, 0.5) is 11.4 Å². The molecule has 0 aliphatic heterocycles. The number of nitro groups is 1. The monoisotopic (exact) mass is 344 g/mol. The highest BCUT2D eigenvalue weighted by molar-refractivity contribution is 6.36. The maximum atomic E-state index is 12.1. The van der Waals surface area contributed by atoms with Crippen LogP contribution in [0.15, 0.2) is 36.4 Å². The van der Waals surface area contributed by atoms with Crippen LogP contribution in [0, 0.1) is 10.1 Å². The second-order valence-corrected chi connectivity index (χ2v) is 5.28. The third kappa shape index (κ3) is 3.64. The summed E-state index contributed by atoms with van der Waals surface area (Å²) in [4.78, 5) is 22.5. The molecule has 0 saturated heterocycles. The van der Waals surface area contributed by atoms with Crippen LogP contribution < -0.4 is 5.32 Å². The molecule has 21 heavy (non-hydrogen) atoms. The normalized spacial score (nSPS) is 10.2. The van der Waals surface area contributed by atoms with Crippen molar-refractivity contribution in [1.82, 2.24) is 0 Å². The van der Waals surface area contributed by atoms with E-state index in [-0.39, 0.29) is 27.0 Å². The van der Waals surface area contributed by atoms with Gasteiger partial charge in [0.05, 0.1) is 15.5 Å². The Kier molecular flexibility index (Phi) is 4.67. The third-order valence-electron chi connectivity index (χ3n) is 2.58. The molecule has 108 valence electrons. The van der Waals surface area contributed by atoms with Crippen molar-refractivity contribution < 1.29 is 9.72 Å². The number of anilines is 1. The number of benzene rings is 2. The molecule has 8 heteroatoms. The van der Waals surface area contributed by atoms with E-state index in [0.29, 0.717) is 5.02 Å². The van der Waals surface area contributed by atoms with Gasteiger partial charge in [-0.05, 0) is 30.3 Å². The Balaban J connectivity index is 2.36. The van der Waals surface area contributed by atoms with Crippen LogP contribution in [0.3, 0.4) is 0 Å². The molecule has 0 fully saturated rings. The number of halogens is 3. The summed E-state index contributed by atoms with van der Waals surface area (Å²) in [7, 11) is 0. The second-order valence-electron chi connectivity index (χ2n) is 4.00. The first-order valence-corrected chi connectivity index (χ1v) is 6.72. The molecule has 1 N–H and O–H groups in total. The average Bonchev–Trinajstić information content (AvgIpc) is 2.43. The zero-order valence-electron chi connectivity index (χ0n) is 10.3. The number of nitro benzene ring substituents is 1. The van der Waals surface area contributed by atoms with E-state index in [0.717, 1.165) is 6.07 Å². The Morgan fingerprint density at radius 1 is 1.05 bits per heavy atom. The van der Waals surface area contributed by atoms with Gasteiger partial charge in [-0.1, -0.05) is 34.8 Å². The van der Waals surface area contributed by atoms with Crippen molar-refractivity contribution >= 4 is 52.1 Å². The maximum Gasteiger partial charge on any atom is 0.294 e. The SMILES string of the molecule is O=C(Nc1ccc(Cl)cc1[N+](=O)[O-])c1cc(Cl)ccc1Cl. The fraction of sp³-hybridized carbons (Fsp3) is 0. The lowest BCUT2D eigenvalue weighted by molar-refractivity contribution is -0.383. The van der Waals surface area contributed by atoms with Crippen LogP contribution in [0.2, 0.25) is 15.1 Å². The molecule has 0 aliphatic carbocycles. The van der Waals surface area contributed by atoms with Crippen molar-refractivity contribution in [3.05, 3.63) is 67.1 Å². The van der Waals surface area contributed by atoms with Gasteiger partial charge < -0.3 is 5.32 Å². The van der Waals surface area contributed by atoms with Gasteiger partial charge in [0.25, 0.3) is 11.6 Å². The Morgan fingerprint density at radius 2 is 1.67 bits per heavy atom. The number of hydrogen-bond donors (Lipinski definition) is 1. The molecule has 0 unspecified atom stereocenters. The van der Waals surface area contributed by atoms with E-state index in [2.05, 4.69) is 5.32 Å². The van der Waals surface area contributed by atoms with E-state index in [1.807, 2.05) is 0 Å². The highest BCUT2D eigenvalue weighted by Gasteiger charge is 2.18. The lowest BCUT2D eigenvalue weighted by Gasteiger charge is -2.08. The van der Waals surface area contributed by atoms with E-state index >= 15 is 0 Å². The van der Waals surface area contributed by atoms with Gasteiger partial charge in [-0.25, -0.2) is 0 Å². The summed E-state index contributed by atoms with van der Waals surface area (Å²) in [5.41, 5.74) is -0.173. The van der Waals surface area contributed by atoms with Crippen molar-refractivity contribution in [3.8, 4) is 0 Å². The molecule has 5 nitrogen and oxygen atoms in total. The fourth-order valence-electron chi connectivity index (χ4n) is 1.62. The molecule has 0 aliphatic rings. The Labute approximate surface area is 134 Å². The summed E-state index contributed by atoms with van der Waals surface area (Å²) < 4.78 is 0. The van der Waals surface area contributed by atoms with Gasteiger partial charge in [-0.15, -0.1) is 0 Å². The Hall–Kier alpha value is -1.82. The fourth-order valence-corrected chi connectivity index (χ4v) is 2.16. The first-order valence-electron chi connectivity index (χ1n) is 5.59. The average molecular weight is 346 g/mol. The van der Waals surface area contributed by atoms with Crippen LogP contribution in [0.1, 0.15) is 10.4 Å². The van der Waals surface area contributed by atoms with E-state index in [9.17, 15) is 14.9 Å². The van der Waals surface area contributed by atoms with Gasteiger partial charge in [-0.3, -0.25) is 14.9 Å². The summed E-state index contributed by atoms with van der Waals surface area (Å²) in [6.07, 6.45) is 0. The summed E-state index contributed by atoms with van der Waals surface area (Å²) in [6, 6.07) is 8.30. The second kappa shape index (κ2) is 6.30. The topological polar surface area (TPSA) is 72.2 Å². The number of nitrogens with one attached hydrogen (secondary N) is 1. The molecule has 0 spiro atoms. The molecule has 2 rings (SSSR count). The third-order valence-corrected chi connectivity index (χ3v) is 3.38. The number of rotatable bonds is 3. The molecule has 1 amide bonds. The maximum absolute atomic E-state index is 12.1. The van der Waals surface area contributed by atoms with Crippen LogP contribution in [0.5, 0.6) is 0 Å². The van der Waals surface area contributed by atoms with Crippen LogP contribution in [-0.4, -0.2) is 10.8 Å². The molecular weight excluding hydrogens is 339 g/mol. The van der Waals surface area contributed by atoms with Crippen molar-refractivity contribution in [2.45, 2.75) is 0 Å². The molecule has 0 atom stereocenters. The largest absolute Gasteiger partial charge is 0.316 e. The minimum atomic E-state index is -0.638. The molecule has 0 aromatic heterocycles. The number of nitrogens with zero attached hydrogens (tertiary/aromatic N) is 1. The summed E-state index contributed by atoms with van der Waals surface area (Å²) in [5.74, 6) is -0.604. The van der Waals surface area contributed by atoms with Crippen molar-refractivity contribution in [2.75, 3.05) is 5.32 Å². The predicted octanol–water partition coefficient (Wildman–Crippen LogP) is 4.81. The van der Waals surface area contributed by atoms with Crippen molar-refractivity contribution in [1.29, 1.82) is 0 Å². The molecule has 0 saturated carbocycles. The smallest absolute Gasteiger partial charge is 0.294 e. The van der Waals surface area contributed by atoms with E-state index < -0.39 is 10.8 Å². The van der Waals surface area contributed by atoms with Gasteiger partial charge >= 0.3 is 0 Å². The van der Waals surface area contributed by atoms with Crippen molar-refractivity contribution in [3.63, 3.8) is 0 Å². The zero-order valence-corrected chi connectivity index (χ0v) is 12.5. The van der Waals surface area contributed by atoms with Crippen LogP contribution in [-0.2, 0) is 0 Å². The Morgan fingerprint density at radius 3 is 2.33 bits per heavy atom. The highest BCUT2D eigenvalue weighted by atomic mass is 35.5. The zero-order chi connectivity index (χ0) is 15.6. The van der Waals surface area contributed by atoms with Crippen LogP contribution >= 0.6 is 34.8 Å². The van der Waals surface area contributed by atoms with E-state index in [1.54, 1.807) is 0 Å². The van der Waals surface area contributed by atoms with E-state index in [1.165, 1.54) is 30.3 Å². The van der Waals surface area contributed by atoms with Crippen molar-refractivity contribution in [2.24, 2.45) is 0 Å². The highest BCUT2D eigenvalue weighted by Crippen LogP contribution is 2.29. The molecule has 2 aromatic carbocycles. The predicted molar refractivity (Wildman–Crippen MR) is 82.5 cm³/mol. The number of amides is 1. The minimum absolute atomic E-state index is 0.0189. The summed E-state index contributed by atoms with van der Waals surface area (Å²) in [6.45, 7) is 0. The van der Waals surface area contributed by atoms with E-state index in [4.69, 9.17) is 34.8 Å². The minimum Gasteiger partial charge on any atom is -0.316 e. The number of hydrogen-bond acceptors (Lipinski definition) is 3. The van der Waals surface area contributed by atoms with Gasteiger partial charge in [0.15, 0.2) is 0 Å². The summed E-state index contributed by atoms with van der Waals surface area (Å²) >= 11 is 17.4. The lowest BCUT2D eigenvalue weighted by atomic mass is 10.2. The standard InChI is InChI=1S/C13H7Cl3N2O3/c14-7-1-3-10(16)9(5-7)13(19)17-11-4-2-8(15)6-12(11)18(20)21/h1-6H,(H,17,19). The first-order chi connectivity index (χ1) is 9.88. The first kappa shape index (κ1) is 15.6. The van der Waals surface area contributed by atoms with Gasteiger partial charge in [0.2, 0.25) is 0 Å². The Bertz CT molecular complexity index is 735. The molecular formula is C13H7Cl3N2O3. The quantitative estimate of drug-likeness (QED) is 0.641.